The van der Waals surface area contributed by atoms with Crippen LogP contribution in [-0.2, 0) is 0 Å². The van der Waals surface area contributed by atoms with Gasteiger partial charge in [0, 0.05) is 0 Å². The fourth-order valence-corrected chi connectivity index (χ4v) is 0.299. The molecule has 42 valence electrons. The summed E-state index contributed by atoms with van der Waals surface area (Å²) in [5.41, 5.74) is 0. The van der Waals surface area contributed by atoms with Crippen LogP contribution in [0.25, 0.3) is 0 Å². The van der Waals surface area contributed by atoms with E-state index in [2.05, 4.69) is 10.2 Å². The van der Waals surface area contributed by atoms with Gasteiger partial charge in [0.2, 0.25) is 0 Å². The van der Waals surface area contributed by atoms with Crippen molar-refractivity contribution in [1.29, 1.82) is 0 Å². The molecule has 0 aliphatic heterocycles. The Bertz CT molecular complexity index is 168. The zero-order valence-corrected chi connectivity index (χ0v) is 3.81. The third kappa shape index (κ3) is 0.776. The predicted octanol–water partition coefficient (Wildman–Crippen LogP) is 0.755. The SMILES string of the molecule is Fc1ccnnc1F. The minimum atomic E-state index is -1.16. The lowest BCUT2D eigenvalue weighted by atomic mass is 10.6. The molecule has 1 rings (SSSR count). The maximum absolute atomic E-state index is 11.8. The highest BCUT2D eigenvalue weighted by Crippen LogP contribution is 1.95. The maximum atomic E-state index is 11.8. The van der Waals surface area contributed by atoms with Crippen LogP contribution in [-0.4, -0.2) is 10.2 Å². The first-order valence-corrected chi connectivity index (χ1v) is 1.93. The molecule has 0 fully saturated rings. The summed E-state index contributed by atoms with van der Waals surface area (Å²) in [5.74, 6) is -2.13. The molecule has 0 atom stereocenters. The van der Waals surface area contributed by atoms with E-state index in [0.29, 0.717) is 0 Å². The Hall–Kier alpha value is -1.06. The average molecular weight is 116 g/mol. The van der Waals surface area contributed by atoms with Gasteiger partial charge in [-0.3, -0.25) is 0 Å². The molecule has 1 aromatic rings. The Morgan fingerprint density at radius 3 is 2.50 bits per heavy atom. The summed E-state index contributed by atoms with van der Waals surface area (Å²) in [4.78, 5) is 0. The van der Waals surface area contributed by atoms with E-state index in [4.69, 9.17) is 0 Å². The molecule has 8 heavy (non-hydrogen) atoms. The summed E-state index contributed by atoms with van der Waals surface area (Å²) in [6, 6.07) is 0.905. The molecule has 4 heteroatoms. The van der Waals surface area contributed by atoms with Gasteiger partial charge in [0.25, 0.3) is 5.95 Å². The van der Waals surface area contributed by atoms with E-state index in [0.717, 1.165) is 12.3 Å². The zero-order chi connectivity index (χ0) is 5.98. The van der Waals surface area contributed by atoms with Crippen molar-refractivity contribution in [3.8, 4) is 0 Å². The van der Waals surface area contributed by atoms with Gasteiger partial charge >= 0.3 is 0 Å². The summed E-state index contributed by atoms with van der Waals surface area (Å²) in [5, 5.41) is 5.87. The van der Waals surface area contributed by atoms with Crippen LogP contribution in [0.3, 0.4) is 0 Å². The molecule has 0 aliphatic carbocycles. The molecule has 0 bridgehead atoms. The molecule has 1 aromatic heterocycles. The van der Waals surface area contributed by atoms with Crippen LogP contribution in [0, 0.1) is 11.8 Å². The first-order valence-electron chi connectivity index (χ1n) is 1.93. The minimum Gasteiger partial charge on any atom is -0.202 e. The number of aromatic nitrogens is 2. The monoisotopic (exact) mass is 116 g/mol. The second kappa shape index (κ2) is 1.81. The second-order valence-corrected chi connectivity index (χ2v) is 1.17. The third-order valence-corrected chi connectivity index (χ3v) is 0.630. The smallest absolute Gasteiger partial charge is 0.202 e. The Labute approximate surface area is 44.2 Å². The fraction of sp³-hybridized carbons (Fsp3) is 0. The lowest BCUT2D eigenvalue weighted by molar-refractivity contribution is 0.465. The molecule has 0 amide bonds. The second-order valence-electron chi connectivity index (χ2n) is 1.17. The van der Waals surface area contributed by atoms with E-state index in [-0.39, 0.29) is 0 Å². The van der Waals surface area contributed by atoms with Crippen molar-refractivity contribution in [3.05, 3.63) is 24.0 Å². The highest BCUT2D eigenvalue weighted by molar-refractivity contribution is 4.88. The molecule has 0 N–H and O–H groups in total. The van der Waals surface area contributed by atoms with Crippen LogP contribution >= 0.6 is 0 Å². The highest BCUT2D eigenvalue weighted by Gasteiger charge is 1.97. The van der Waals surface area contributed by atoms with Gasteiger partial charge in [-0.1, -0.05) is 0 Å². The van der Waals surface area contributed by atoms with Crippen molar-refractivity contribution in [2.45, 2.75) is 0 Å². The van der Waals surface area contributed by atoms with Gasteiger partial charge in [0.15, 0.2) is 5.82 Å². The van der Waals surface area contributed by atoms with Gasteiger partial charge in [0.05, 0.1) is 6.20 Å². The number of halogens is 2. The molecule has 0 spiro atoms. The van der Waals surface area contributed by atoms with Crippen molar-refractivity contribution in [2.24, 2.45) is 0 Å². The van der Waals surface area contributed by atoms with E-state index in [1.807, 2.05) is 0 Å². The first kappa shape index (κ1) is 5.08. The molecule has 0 aromatic carbocycles. The molecule has 0 unspecified atom stereocenters. The molecule has 0 saturated carbocycles. The first-order chi connectivity index (χ1) is 3.80. The largest absolute Gasteiger partial charge is 0.268 e. The molecule has 1 heterocycles. The summed E-state index contributed by atoms with van der Waals surface area (Å²) < 4.78 is 23.6. The van der Waals surface area contributed by atoms with Crippen LogP contribution in [0.5, 0.6) is 0 Å². The molecule has 0 saturated heterocycles. The van der Waals surface area contributed by atoms with Crippen LogP contribution in [0.1, 0.15) is 0 Å². The molecule has 0 aliphatic rings. The van der Waals surface area contributed by atoms with Gasteiger partial charge in [0.1, 0.15) is 0 Å². The Kier molecular flexibility index (Phi) is 1.15. The fourth-order valence-electron chi connectivity index (χ4n) is 0.299. The summed E-state index contributed by atoms with van der Waals surface area (Å²) in [6.07, 6.45) is 1.08. The van der Waals surface area contributed by atoms with Gasteiger partial charge in [-0.15, -0.1) is 5.10 Å². The molecular formula is C4H2F2N2. The number of rotatable bonds is 0. The number of nitrogens with zero attached hydrogens (tertiary/aromatic N) is 2. The van der Waals surface area contributed by atoms with E-state index < -0.39 is 11.8 Å². The van der Waals surface area contributed by atoms with Crippen LogP contribution in [0.4, 0.5) is 8.78 Å². The Morgan fingerprint density at radius 2 is 2.12 bits per heavy atom. The zero-order valence-electron chi connectivity index (χ0n) is 3.81. The molecule has 0 radical (unpaired) electrons. The molecule has 2 nitrogen and oxygen atoms in total. The van der Waals surface area contributed by atoms with Gasteiger partial charge in [-0.2, -0.15) is 9.49 Å². The predicted molar refractivity (Wildman–Crippen MR) is 21.9 cm³/mol. The number of hydrogen-bond acceptors (Lipinski definition) is 2. The summed E-state index contributed by atoms with van der Waals surface area (Å²) >= 11 is 0. The van der Waals surface area contributed by atoms with Crippen LogP contribution in [0.2, 0.25) is 0 Å². The normalized spacial score (nSPS) is 9.25. The van der Waals surface area contributed by atoms with E-state index in [9.17, 15) is 8.78 Å². The third-order valence-electron chi connectivity index (χ3n) is 0.630. The summed E-state index contributed by atoms with van der Waals surface area (Å²) in [6.45, 7) is 0. The van der Waals surface area contributed by atoms with E-state index in [1.54, 1.807) is 0 Å². The average Bonchev–Trinajstić information content (AvgIpc) is 1.77. The van der Waals surface area contributed by atoms with Crippen molar-refractivity contribution in [3.63, 3.8) is 0 Å². The van der Waals surface area contributed by atoms with E-state index in [1.165, 1.54) is 0 Å². The lowest BCUT2D eigenvalue weighted by Gasteiger charge is -1.83. The maximum Gasteiger partial charge on any atom is 0.268 e. The number of hydrogen-bond donors (Lipinski definition) is 0. The van der Waals surface area contributed by atoms with Crippen molar-refractivity contribution in [1.82, 2.24) is 10.2 Å². The Morgan fingerprint density at radius 1 is 1.38 bits per heavy atom. The van der Waals surface area contributed by atoms with Crippen LogP contribution < -0.4 is 0 Å². The standard InChI is InChI=1S/C4H2F2N2/c5-3-1-2-7-8-4(3)6/h1-2H. The quantitative estimate of drug-likeness (QED) is 0.500. The highest BCUT2D eigenvalue weighted by atomic mass is 19.2. The topological polar surface area (TPSA) is 25.8 Å². The lowest BCUT2D eigenvalue weighted by Crippen LogP contribution is -1.89. The van der Waals surface area contributed by atoms with Gasteiger partial charge in [-0.05, 0) is 6.07 Å². The van der Waals surface area contributed by atoms with Gasteiger partial charge in [-0.25, -0.2) is 4.39 Å². The van der Waals surface area contributed by atoms with E-state index >= 15 is 0 Å². The summed E-state index contributed by atoms with van der Waals surface area (Å²) in [7, 11) is 0. The van der Waals surface area contributed by atoms with Crippen molar-refractivity contribution < 1.29 is 8.78 Å². The van der Waals surface area contributed by atoms with Crippen molar-refractivity contribution in [2.75, 3.05) is 0 Å². The Balaban J connectivity index is 3.13. The van der Waals surface area contributed by atoms with Gasteiger partial charge < -0.3 is 0 Å². The van der Waals surface area contributed by atoms with Crippen LogP contribution in [0.15, 0.2) is 12.3 Å². The van der Waals surface area contributed by atoms with Crippen molar-refractivity contribution >= 4 is 0 Å². The minimum absolute atomic E-state index is 0.905. The molecular weight excluding hydrogens is 114 g/mol.